The van der Waals surface area contributed by atoms with Gasteiger partial charge in [-0.05, 0) is 19.3 Å². The van der Waals surface area contributed by atoms with Crippen LogP contribution in [0.5, 0.6) is 0 Å². The molecule has 0 aromatic heterocycles. The summed E-state index contributed by atoms with van der Waals surface area (Å²) in [5, 5.41) is 8.51. The quantitative estimate of drug-likeness (QED) is 0.724. The van der Waals surface area contributed by atoms with Crippen molar-refractivity contribution in [3.8, 4) is 0 Å². The van der Waals surface area contributed by atoms with Gasteiger partial charge < -0.3 is 9.84 Å². The largest absolute Gasteiger partial charge is 0.481 e. The van der Waals surface area contributed by atoms with Gasteiger partial charge in [-0.3, -0.25) is 4.79 Å². The van der Waals surface area contributed by atoms with Gasteiger partial charge >= 0.3 is 5.97 Å². The molecule has 1 N–H and O–H groups in total. The minimum absolute atomic E-state index is 0.167. The third kappa shape index (κ3) is 2.91. The SMILES string of the molecule is O=C(O)CC1(OCC(F)F)CCC1. The van der Waals surface area contributed by atoms with Crippen LogP contribution < -0.4 is 0 Å². The van der Waals surface area contributed by atoms with Crippen LogP contribution in [0.2, 0.25) is 0 Å². The van der Waals surface area contributed by atoms with Crippen molar-refractivity contribution in [2.45, 2.75) is 37.7 Å². The number of halogens is 2. The molecule has 13 heavy (non-hydrogen) atoms. The Hall–Kier alpha value is -0.710. The van der Waals surface area contributed by atoms with Gasteiger partial charge in [0.15, 0.2) is 0 Å². The van der Waals surface area contributed by atoms with Crippen LogP contribution in [0.3, 0.4) is 0 Å². The van der Waals surface area contributed by atoms with Gasteiger partial charge in [-0.1, -0.05) is 0 Å². The van der Waals surface area contributed by atoms with Crippen molar-refractivity contribution in [2.24, 2.45) is 0 Å². The zero-order valence-electron chi connectivity index (χ0n) is 7.13. The molecule has 0 aromatic rings. The lowest BCUT2D eigenvalue weighted by Crippen LogP contribution is -2.43. The third-order valence-electron chi connectivity index (χ3n) is 2.25. The van der Waals surface area contributed by atoms with Crippen molar-refractivity contribution in [1.82, 2.24) is 0 Å². The molecule has 0 unspecified atom stereocenters. The monoisotopic (exact) mass is 194 g/mol. The van der Waals surface area contributed by atoms with Crippen LogP contribution in [0.15, 0.2) is 0 Å². The van der Waals surface area contributed by atoms with Crippen LogP contribution in [0.4, 0.5) is 8.78 Å². The molecule has 3 nitrogen and oxygen atoms in total. The summed E-state index contributed by atoms with van der Waals surface area (Å²) in [5.41, 5.74) is -0.803. The summed E-state index contributed by atoms with van der Waals surface area (Å²) in [6.07, 6.45) is -0.680. The van der Waals surface area contributed by atoms with Gasteiger partial charge in [-0.15, -0.1) is 0 Å². The van der Waals surface area contributed by atoms with Crippen molar-refractivity contribution < 1.29 is 23.4 Å². The molecular formula is C8H12F2O3. The predicted octanol–water partition coefficient (Wildman–Crippen LogP) is 1.67. The van der Waals surface area contributed by atoms with Crippen LogP contribution in [0.1, 0.15) is 25.7 Å². The number of carboxylic acids is 1. The lowest BCUT2D eigenvalue weighted by Gasteiger charge is -2.40. The summed E-state index contributed by atoms with van der Waals surface area (Å²) in [7, 11) is 0. The smallest absolute Gasteiger partial charge is 0.306 e. The van der Waals surface area contributed by atoms with Gasteiger partial charge in [0.2, 0.25) is 0 Å². The fraction of sp³-hybridized carbons (Fsp3) is 0.875. The molecule has 1 rings (SSSR count). The molecule has 0 heterocycles. The summed E-state index contributed by atoms with van der Waals surface area (Å²) in [6, 6.07) is 0. The second-order valence-corrected chi connectivity index (χ2v) is 3.31. The van der Waals surface area contributed by atoms with E-state index in [-0.39, 0.29) is 6.42 Å². The maximum absolute atomic E-state index is 11.8. The number of alkyl halides is 2. The van der Waals surface area contributed by atoms with E-state index in [4.69, 9.17) is 9.84 Å². The van der Waals surface area contributed by atoms with Crippen LogP contribution in [-0.4, -0.2) is 29.7 Å². The molecule has 0 aliphatic heterocycles. The number of ether oxygens (including phenoxy) is 1. The third-order valence-corrected chi connectivity index (χ3v) is 2.25. The Morgan fingerprint density at radius 2 is 2.15 bits per heavy atom. The second-order valence-electron chi connectivity index (χ2n) is 3.31. The molecular weight excluding hydrogens is 182 g/mol. The van der Waals surface area contributed by atoms with Gasteiger partial charge in [-0.2, -0.15) is 0 Å². The summed E-state index contributed by atoms with van der Waals surface area (Å²) >= 11 is 0. The summed E-state index contributed by atoms with van der Waals surface area (Å²) in [4.78, 5) is 10.4. The first kappa shape index (κ1) is 10.4. The molecule has 76 valence electrons. The van der Waals surface area contributed by atoms with Crippen LogP contribution in [0.25, 0.3) is 0 Å². The predicted molar refractivity (Wildman–Crippen MR) is 40.8 cm³/mol. The van der Waals surface area contributed by atoms with Gasteiger partial charge in [0.05, 0.1) is 12.0 Å². The van der Waals surface area contributed by atoms with Crippen LogP contribution >= 0.6 is 0 Å². The molecule has 0 spiro atoms. The highest BCUT2D eigenvalue weighted by atomic mass is 19.3. The van der Waals surface area contributed by atoms with Crippen LogP contribution in [-0.2, 0) is 9.53 Å². The van der Waals surface area contributed by atoms with Crippen molar-refractivity contribution in [3.63, 3.8) is 0 Å². The summed E-state index contributed by atoms with van der Waals surface area (Å²) in [5.74, 6) is -0.992. The fourth-order valence-corrected chi connectivity index (χ4v) is 1.46. The maximum Gasteiger partial charge on any atom is 0.306 e. The lowest BCUT2D eigenvalue weighted by atomic mass is 9.77. The molecule has 1 saturated carbocycles. The molecule has 0 amide bonds. The average molecular weight is 194 g/mol. The molecule has 5 heteroatoms. The summed E-state index contributed by atoms with van der Waals surface area (Å²) < 4.78 is 28.5. The fourth-order valence-electron chi connectivity index (χ4n) is 1.46. The normalized spacial score (nSPS) is 19.9. The number of aliphatic carboxylic acids is 1. The number of carbonyl (C=O) groups is 1. The summed E-state index contributed by atoms with van der Waals surface area (Å²) in [6.45, 7) is -0.659. The minimum atomic E-state index is -2.52. The molecule has 0 radical (unpaired) electrons. The average Bonchev–Trinajstić information content (AvgIpc) is 1.93. The van der Waals surface area contributed by atoms with E-state index in [0.29, 0.717) is 12.8 Å². The first-order valence-corrected chi connectivity index (χ1v) is 4.18. The highest BCUT2D eigenvalue weighted by Gasteiger charge is 2.40. The first-order chi connectivity index (χ1) is 6.04. The van der Waals surface area contributed by atoms with E-state index in [2.05, 4.69) is 0 Å². The topological polar surface area (TPSA) is 46.5 Å². The van der Waals surface area contributed by atoms with Crippen molar-refractivity contribution in [2.75, 3.05) is 6.61 Å². The second kappa shape index (κ2) is 4.00. The van der Waals surface area contributed by atoms with E-state index in [1.54, 1.807) is 0 Å². The lowest BCUT2D eigenvalue weighted by molar-refractivity contribution is -0.162. The maximum atomic E-state index is 11.8. The van der Waals surface area contributed by atoms with E-state index in [0.717, 1.165) is 6.42 Å². The molecule has 0 bridgehead atoms. The number of carboxylic acid groups (broad SMARTS) is 1. The van der Waals surface area contributed by atoms with E-state index in [1.807, 2.05) is 0 Å². The Morgan fingerprint density at radius 1 is 1.54 bits per heavy atom. The van der Waals surface area contributed by atoms with Crippen molar-refractivity contribution >= 4 is 5.97 Å². The van der Waals surface area contributed by atoms with E-state index in [9.17, 15) is 13.6 Å². The zero-order valence-corrected chi connectivity index (χ0v) is 7.13. The molecule has 0 atom stereocenters. The van der Waals surface area contributed by atoms with E-state index < -0.39 is 24.6 Å². The van der Waals surface area contributed by atoms with Gasteiger partial charge in [0, 0.05) is 0 Å². The minimum Gasteiger partial charge on any atom is -0.481 e. The van der Waals surface area contributed by atoms with Gasteiger partial charge in [0.1, 0.15) is 6.61 Å². The number of hydrogen-bond donors (Lipinski definition) is 1. The standard InChI is InChI=1S/C8H12F2O3/c9-6(10)5-13-8(2-1-3-8)4-7(11)12/h6H,1-5H2,(H,11,12). The zero-order chi connectivity index (χ0) is 9.90. The number of hydrogen-bond acceptors (Lipinski definition) is 2. The Bertz CT molecular complexity index is 190. The Kier molecular flexibility index (Phi) is 3.19. The van der Waals surface area contributed by atoms with Crippen molar-refractivity contribution in [3.05, 3.63) is 0 Å². The first-order valence-electron chi connectivity index (χ1n) is 4.18. The van der Waals surface area contributed by atoms with E-state index in [1.165, 1.54) is 0 Å². The molecule has 0 saturated heterocycles. The molecule has 0 aromatic carbocycles. The van der Waals surface area contributed by atoms with Crippen LogP contribution in [0, 0.1) is 0 Å². The molecule has 1 fully saturated rings. The van der Waals surface area contributed by atoms with Gasteiger partial charge in [-0.25, -0.2) is 8.78 Å². The van der Waals surface area contributed by atoms with E-state index >= 15 is 0 Å². The Labute approximate surface area is 74.7 Å². The Morgan fingerprint density at radius 3 is 2.46 bits per heavy atom. The number of rotatable bonds is 5. The molecule has 1 aliphatic rings. The van der Waals surface area contributed by atoms with Crippen molar-refractivity contribution in [1.29, 1.82) is 0 Å². The molecule has 1 aliphatic carbocycles. The highest BCUT2D eigenvalue weighted by molar-refractivity contribution is 5.68. The highest BCUT2D eigenvalue weighted by Crippen LogP contribution is 2.38. The Balaban J connectivity index is 2.36. The van der Waals surface area contributed by atoms with Gasteiger partial charge in [0.25, 0.3) is 6.43 Å².